The molecule has 0 radical (unpaired) electrons. The number of benzene rings is 1. The Kier molecular flexibility index (Phi) is 9.70. The molecule has 0 heterocycles. The zero-order chi connectivity index (χ0) is 8.36. The summed E-state index contributed by atoms with van der Waals surface area (Å²) in [6.07, 6.45) is 0. The molecule has 0 aliphatic carbocycles. The number of hydrogen-bond acceptors (Lipinski definition) is 0. The van der Waals surface area contributed by atoms with Gasteiger partial charge in [-0.15, -0.1) is 0 Å². The van der Waals surface area contributed by atoms with Gasteiger partial charge in [-0.05, 0) is 0 Å². The second-order valence-electron chi connectivity index (χ2n) is 2.51. The molecule has 0 atom stereocenters. The van der Waals surface area contributed by atoms with Gasteiger partial charge in [0.2, 0.25) is 0 Å². The first kappa shape index (κ1) is 10.8. The molecule has 0 N–H and O–H groups in total. The Bertz CT molecular complexity index is 108. The van der Waals surface area contributed by atoms with Crippen LogP contribution in [0.4, 0.5) is 0 Å². The van der Waals surface area contributed by atoms with Gasteiger partial charge in [-0.25, -0.2) is 0 Å². The third-order valence-electron chi connectivity index (χ3n) is 1.37. The standard InChI is InChI=1S/C6H6.2C2H5.Zn/c1-2-4-6-5-3-1;2*1-2;/h1-6H;2*1H2,2H3;. The normalized spacial score (nSPS) is 7.45. The molecule has 0 saturated heterocycles. The average Bonchev–Trinajstić information content (AvgIpc) is 2.10. The molecule has 0 unspecified atom stereocenters. The Morgan fingerprint density at radius 1 is 0.727 bits per heavy atom. The molecule has 1 aromatic rings. The van der Waals surface area contributed by atoms with Crippen molar-refractivity contribution in [1.29, 1.82) is 0 Å². The van der Waals surface area contributed by atoms with Crippen LogP contribution in [0.25, 0.3) is 0 Å². The molecule has 0 nitrogen and oxygen atoms in total. The van der Waals surface area contributed by atoms with Gasteiger partial charge < -0.3 is 0 Å². The summed E-state index contributed by atoms with van der Waals surface area (Å²) in [6, 6.07) is 12.0. The van der Waals surface area contributed by atoms with Crippen molar-refractivity contribution in [2.24, 2.45) is 0 Å². The van der Waals surface area contributed by atoms with Crippen molar-refractivity contribution in [3.8, 4) is 0 Å². The van der Waals surface area contributed by atoms with Gasteiger partial charge in [-0.3, -0.25) is 0 Å². The van der Waals surface area contributed by atoms with Gasteiger partial charge in [-0.1, -0.05) is 36.4 Å². The van der Waals surface area contributed by atoms with Gasteiger partial charge in [0.1, 0.15) is 0 Å². The molecular formula is C10H16Zn. The third-order valence-corrected chi connectivity index (χ3v) is 4.34. The summed E-state index contributed by atoms with van der Waals surface area (Å²) in [6.45, 7) is 4.59. The maximum absolute atomic E-state index is 2.30. The van der Waals surface area contributed by atoms with E-state index in [2.05, 4.69) is 13.8 Å². The molecule has 0 spiro atoms. The van der Waals surface area contributed by atoms with Crippen LogP contribution in [0.1, 0.15) is 13.8 Å². The topological polar surface area (TPSA) is 0 Å². The average molecular weight is 202 g/mol. The smallest absolute Gasteiger partial charge is 0.0623 e. The van der Waals surface area contributed by atoms with Gasteiger partial charge >= 0.3 is 41.0 Å². The molecule has 1 rings (SSSR count). The fourth-order valence-corrected chi connectivity index (χ4v) is 2.22. The summed E-state index contributed by atoms with van der Waals surface area (Å²) in [5.41, 5.74) is 0. The van der Waals surface area contributed by atoms with E-state index in [4.69, 9.17) is 0 Å². The molecule has 58 valence electrons. The minimum Gasteiger partial charge on any atom is -0.0623 e. The summed E-state index contributed by atoms with van der Waals surface area (Å²) in [5.74, 6) is 0. The first-order valence-corrected chi connectivity index (χ1v) is 8.61. The van der Waals surface area contributed by atoms with Crippen LogP contribution >= 0.6 is 0 Å². The summed E-state index contributed by atoms with van der Waals surface area (Å²) in [4.78, 5) is 0. The molecule has 0 saturated carbocycles. The second-order valence-corrected chi connectivity index (χ2v) is 8.19. The van der Waals surface area contributed by atoms with E-state index in [0.29, 0.717) is 0 Å². The maximum atomic E-state index is 2.30. The van der Waals surface area contributed by atoms with Crippen LogP contribution in [0.2, 0.25) is 10.0 Å². The predicted molar refractivity (Wildman–Crippen MR) is 47.4 cm³/mol. The quantitative estimate of drug-likeness (QED) is 0.641. The first-order valence-electron chi connectivity index (χ1n) is 4.41. The Morgan fingerprint density at radius 2 is 1.00 bits per heavy atom. The van der Waals surface area contributed by atoms with Crippen LogP contribution in [-0.4, -0.2) is 0 Å². The van der Waals surface area contributed by atoms with E-state index < -0.39 is 0 Å². The Hall–Kier alpha value is -0.157. The molecule has 0 fully saturated rings. The van der Waals surface area contributed by atoms with Crippen LogP contribution in [0.3, 0.4) is 0 Å². The molecule has 1 aromatic carbocycles. The predicted octanol–water partition coefficient (Wildman–Crippen LogP) is 3.63. The maximum Gasteiger partial charge on any atom is -0.0623 e. The molecule has 11 heavy (non-hydrogen) atoms. The zero-order valence-corrected chi connectivity index (χ0v) is 10.6. The van der Waals surface area contributed by atoms with E-state index in [9.17, 15) is 0 Å². The van der Waals surface area contributed by atoms with Crippen molar-refractivity contribution in [2.45, 2.75) is 23.9 Å². The fraction of sp³-hybridized carbons (Fsp3) is 0.400. The summed E-state index contributed by atoms with van der Waals surface area (Å²) >= 11 is 0.0972. The monoisotopic (exact) mass is 200 g/mol. The van der Waals surface area contributed by atoms with Gasteiger partial charge in [-0.2, -0.15) is 0 Å². The minimum absolute atomic E-state index is 0.0972. The second kappa shape index (κ2) is 9.84. The van der Waals surface area contributed by atoms with Crippen molar-refractivity contribution >= 4 is 0 Å². The molecule has 1 heteroatoms. The van der Waals surface area contributed by atoms with Gasteiger partial charge in [0, 0.05) is 0 Å². The summed E-state index contributed by atoms with van der Waals surface area (Å²) < 4.78 is 0. The van der Waals surface area contributed by atoms with Crippen LogP contribution in [0.15, 0.2) is 36.4 Å². The van der Waals surface area contributed by atoms with Crippen LogP contribution < -0.4 is 0 Å². The Labute approximate surface area is 77.6 Å². The van der Waals surface area contributed by atoms with Crippen molar-refractivity contribution in [1.82, 2.24) is 0 Å². The number of rotatable bonds is 2. The third kappa shape index (κ3) is 9.84. The molecule has 0 aromatic heterocycles. The largest absolute Gasteiger partial charge is 0.0623 e. The Balaban J connectivity index is 0.000000187. The van der Waals surface area contributed by atoms with Gasteiger partial charge in [0.15, 0.2) is 0 Å². The molecule has 0 amide bonds. The van der Waals surface area contributed by atoms with Crippen LogP contribution in [0.5, 0.6) is 0 Å². The van der Waals surface area contributed by atoms with Crippen molar-refractivity contribution in [3.63, 3.8) is 0 Å². The summed E-state index contributed by atoms with van der Waals surface area (Å²) in [7, 11) is 0. The van der Waals surface area contributed by atoms with Crippen LogP contribution in [0, 0.1) is 0 Å². The SMILES string of the molecule is C[CH2][Zn][CH2]C.c1ccccc1. The van der Waals surface area contributed by atoms with E-state index in [-0.39, 0.29) is 17.1 Å². The van der Waals surface area contributed by atoms with E-state index in [0.717, 1.165) is 0 Å². The van der Waals surface area contributed by atoms with E-state index in [1.165, 1.54) is 10.0 Å². The minimum atomic E-state index is 0.0972. The fourth-order valence-electron chi connectivity index (χ4n) is 0.738. The molecule has 0 aliphatic rings. The van der Waals surface area contributed by atoms with E-state index in [1.807, 2.05) is 36.4 Å². The van der Waals surface area contributed by atoms with Gasteiger partial charge in [0.25, 0.3) is 0 Å². The zero-order valence-electron chi connectivity index (χ0n) is 7.59. The molecule has 0 bridgehead atoms. The first-order chi connectivity index (χ1) is 5.41. The number of hydrogen-bond donors (Lipinski definition) is 0. The van der Waals surface area contributed by atoms with Crippen molar-refractivity contribution < 1.29 is 17.1 Å². The van der Waals surface area contributed by atoms with Crippen molar-refractivity contribution in [3.05, 3.63) is 36.4 Å². The van der Waals surface area contributed by atoms with E-state index in [1.54, 1.807) is 0 Å². The van der Waals surface area contributed by atoms with Crippen molar-refractivity contribution in [2.75, 3.05) is 0 Å². The Morgan fingerprint density at radius 3 is 1.09 bits per heavy atom. The molecular weight excluding hydrogens is 185 g/mol. The summed E-state index contributed by atoms with van der Waals surface area (Å²) in [5, 5.41) is 3.06. The van der Waals surface area contributed by atoms with Gasteiger partial charge in [0.05, 0.1) is 0 Å². The molecule has 0 aliphatic heterocycles. The van der Waals surface area contributed by atoms with Crippen LogP contribution in [-0.2, 0) is 17.1 Å². The van der Waals surface area contributed by atoms with E-state index >= 15 is 0 Å².